The molecule has 154 valence electrons. The minimum atomic E-state index is -1.51. The van der Waals surface area contributed by atoms with Crippen LogP contribution in [0.4, 0.5) is 0 Å². The molecule has 5 aliphatic rings. The van der Waals surface area contributed by atoms with Crippen LogP contribution in [0.25, 0.3) is 0 Å². The van der Waals surface area contributed by atoms with Gasteiger partial charge in [0.2, 0.25) is 0 Å². The fourth-order valence-corrected chi connectivity index (χ4v) is 7.59. The number of fused-ring (bicyclic) bond motifs is 2. The monoisotopic (exact) mass is 394 g/mol. The summed E-state index contributed by atoms with van der Waals surface area (Å²) in [6, 6.07) is 0. The zero-order chi connectivity index (χ0) is 20.4. The highest BCUT2D eigenvalue weighted by molar-refractivity contribution is 5.96. The molecule has 4 N–H and O–H groups in total. The third-order valence-electron chi connectivity index (χ3n) is 8.73. The molecule has 2 aliphatic heterocycles. The number of carbonyl (C=O) groups excluding carboxylic acids is 2. The van der Waals surface area contributed by atoms with Crippen molar-refractivity contribution in [1.82, 2.24) is 0 Å². The Kier molecular flexibility index (Phi) is 3.49. The van der Waals surface area contributed by atoms with Gasteiger partial charge in [-0.2, -0.15) is 0 Å². The molecule has 8 nitrogen and oxygen atoms in total. The van der Waals surface area contributed by atoms with Crippen molar-refractivity contribution in [3.8, 4) is 0 Å². The van der Waals surface area contributed by atoms with Crippen molar-refractivity contribution in [3.63, 3.8) is 0 Å². The number of carbonyl (C=O) groups is 2. The molecule has 3 aliphatic carbocycles. The van der Waals surface area contributed by atoms with Crippen molar-refractivity contribution in [2.75, 3.05) is 6.61 Å². The fraction of sp³-hybridized carbons (Fsp3) is 0.800. The van der Waals surface area contributed by atoms with Crippen LogP contribution in [0, 0.1) is 28.6 Å². The van der Waals surface area contributed by atoms with Crippen molar-refractivity contribution in [1.29, 1.82) is 0 Å². The fourth-order valence-electron chi connectivity index (χ4n) is 7.59. The topological polar surface area (TPSA) is 134 Å². The largest absolute Gasteiger partial charge is 0.460 e. The molecule has 1 unspecified atom stereocenters. The van der Waals surface area contributed by atoms with Crippen molar-refractivity contribution >= 4 is 11.8 Å². The van der Waals surface area contributed by atoms with Gasteiger partial charge in [0.05, 0.1) is 12.7 Å². The SMILES string of the molecule is CC1=CC(=O)[C@@H](O)[C@]2(C)[C@H]3[C@@H](O)[C@H](O)C4(C)OC[C@@]35[C@@H](C[C@@H]12)OC(=O)[C@H](O)[C@@H]45. The molecular weight excluding hydrogens is 368 g/mol. The molecule has 2 bridgehead atoms. The average Bonchev–Trinajstić information content (AvgIpc) is 2.90. The van der Waals surface area contributed by atoms with E-state index in [9.17, 15) is 30.0 Å². The van der Waals surface area contributed by atoms with E-state index >= 15 is 0 Å². The first-order valence-corrected chi connectivity index (χ1v) is 9.80. The molecule has 2 saturated carbocycles. The Morgan fingerprint density at radius 1 is 1.11 bits per heavy atom. The number of rotatable bonds is 0. The normalized spacial score (nSPS) is 59.9. The summed E-state index contributed by atoms with van der Waals surface area (Å²) in [5, 5.41) is 43.9. The summed E-state index contributed by atoms with van der Waals surface area (Å²) >= 11 is 0. The van der Waals surface area contributed by atoms with Gasteiger partial charge in [0.1, 0.15) is 23.9 Å². The molecule has 0 radical (unpaired) electrons. The molecule has 8 heteroatoms. The maximum absolute atomic E-state index is 12.5. The van der Waals surface area contributed by atoms with Crippen molar-refractivity contribution in [2.24, 2.45) is 28.6 Å². The molecule has 1 spiro atoms. The highest BCUT2D eigenvalue weighted by Gasteiger charge is 2.81. The summed E-state index contributed by atoms with van der Waals surface area (Å²) < 4.78 is 11.6. The Hall–Kier alpha value is -1.32. The van der Waals surface area contributed by atoms with Gasteiger partial charge in [-0.3, -0.25) is 4.79 Å². The standard InChI is InChI=1S/C20H26O8/c1-7-4-9(21)15(24)18(2)8(7)5-10-20-6-27-19(3,16(25)11(22)13(18)20)14(20)12(23)17(26)28-10/h4,8,10-16,22-25H,5-6H2,1-3H3/t8-,10+,11+,12+,13+,14-,15+,16-,18-,19?,20+/m0/s1. The van der Waals surface area contributed by atoms with Crippen LogP contribution in [0.3, 0.4) is 0 Å². The lowest BCUT2D eigenvalue weighted by atomic mass is 9.38. The van der Waals surface area contributed by atoms with Gasteiger partial charge < -0.3 is 29.9 Å². The number of aliphatic hydroxyl groups excluding tert-OH is 4. The lowest BCUT2D eigenvalue weighted by Crippen LogP contribution is -2.78. The van der Waals surface area contributed by atoms with Gasteiger partial charge in [0.25, 0.3) is 0 Å². The predicted octanol–water partition coefficient (Wildman–Crippen LogP) is -1.07. The molecule has 2 saturated heterocycles. The molecule has 0 aromatic carbocycles. The molecule has 28 heavy (non-hydrogen) atoms. The van der Waals surface area contributed by atoms with Crippen LogP contribution in [0.15, 0.2) is 11.6 Å². The van der Waals surface area contributed by atoms with Crippen LogP contribution in [0.1, 0.15) is 27.2 Å². The van der Waals surface area contributed by atoms with Crippen LogP contribution in [0.5, 0.6) is 0 Å². The van der Waals surface area contributed by atoms with E-state index in [-0.39, 0.29) is 12.5 Å². The summed E-state index contributed by atoms with van der Waals surface area (Å²) in [7, 11) is 0. The van der Waals surface area contributed by atoms with Gasteiger partial charge >= 0.3 is 5.97 Å². The van der Waals surface area contributed by atoms with E-state index in [1.54, 1.807) is 20.8 Å². The Balaban J connectivity index is 1.78. The molecule has 0 aromatic heterocycles. The number of hydrogen-bond donors (Lipinski definition) is 4. The quantitative estimate of drug-likeness (QED) is 0.382. The van der Waals surface area contributed by atoms with Crippen LogP contribution in [-0.4, -0.2) is 74.9 Å². The number of aliphatic hydroxyl groups is 4. The van der Waals surface area contributed by atoms with Gasteiger partial charge in [-0.1, -0.05) is 12.5 Å². The smallest absolute Gasteiger partial charge is 0.335 e. The molecular formula is C20H26O8. The van der Waals surface area contributed by atoms with Crippen molar-refractivity contribution in [3.05, 3.63) is 11.6 Å². The number of ether oxygens (including phenoxy) is 2. The highest BCUT2D eigenvalue weighted by atomic mass is 16.6. The second-order valence-electron chi connectivity index (χ2n) is 9.69. The summed E-state index contributed by atoms with van der Waals surface area (Å²) in [6.45, 7) is 5.21. The van der Waals surface area contributed by atoms with E-state index in [1.165, 1.54) is 6.08 Å². The number of ketones is 1. The minimum Gasteiger partial charge on any atom is -0.460 e. The van der Waals surface area contributed by atoms with E-state index in [0.29, 0.717) is 6.42 Å². The second-order valence-corrected chi connectivity index (χ2v) is 9.69. The van der Waals surface area contributed by atoms with Crippen molar-refractivity contribution in [2.45, 2.75) is 63.3 Å². The van der Waals surface area contributed by atoms with Gasteiger partial charge in [0.15, 0.2) is 11.9 Å². The predicted molar refractivity (Wildman–Crippen MR) is 92.7 cm³/mol. The zero-order valence-electron chi connectivity index (χ0n) is 16.0. The second kappa shape index (κ2) is 5.23. The van der Waals surface area contributed by atoms with Crippen LogP contribution >= 0.6 is 0 Å². The van der Waals surface area contributed by atoms with Crippen molar-refractivity contribution < 1.29 is 39.5 Å². The molecule has 2 heterocycles. The number of allylic oxidation sites excluding steroid dienone is 1. The molecule has 11 atom stereocenters. The van der Waals surface area contributed by atoms with Gasteiger partial charge in [-0.05, 0) is 32.3 Å². The minimum absolute atomic E-state index is 0.0634. The van der Waals surface area contributed by atoms with Crippen LogP contribution in [-0.2, 0) is 19.1 Å². The zero-order valence-corrected chi connectivity index (χ0v) is 16.0. The number of hydrogen-bond acceptors (Lipinski definition) is 8. The third-order valence-corrected chi connectivity index (χ3v) is 8.73. The summed E-state index contributed by atoms with van der Waals surface area (Å²) in [6.07, 6.45) is -4.46. The summed E-state index contributed by atoms with van der Waals surface area (Å²) in [4.78, 5) is 25.0. The summed E-state index contributed by atoms with van der Waals surface area (Å²) in [5.74, 6) is -3.13. The highest BCUT2D eigenvalue weighted by Crippen LogP contribution is 2.72. The Bertz CT molecular complexity index is 808. The van der Waals surface area contributed by atoms with Gasteiger partial charge in [-0.15, -0.1) is 0 Å². The average molecular weight is 394 g/mol. The van der Waals surface area contributed by atoms with E-state index in [0.717, 1.165) is 5.57 Å². The van der Waals surface area contributed by atoms with Crippen LogP contribution < -0.4 is 0 Å². The van der Waals surface area contributed by atoms with E-state index in [4.69, 9.17) is 9.47 Å². The lowest BCUT2D eigenvalue weighted by Gasteiger charge is -2.68. The van der Waals surface area contributed by atoms with E-state index in [2.05, 4.69) is 0 Å². The lowest BCUT2D eigenvalue weighted by molar-refractivity contribution is -0.296. The molecule has 0 amide bonds. The first-order valence-electron chi connectivity index (χ1n) is 9.80. The molecule has 0 aromatic rings. The first kappa shape index (κ1) is 18.7. The Labute approximate surface area is 162 Å². The maximum Gasteiger partial charge on any atom is 0.335 e. The number of esters is 1. The molecule has 4 fully saturated rings. The van der Waals surface area contributed by atoms with E-state index in [1.807, 2.05) is 0 Å². The molecule has 5 rings (SSSR count). The van der Waals surface area contributed by atoms with Gasteiger partial charge in [-0.25, -0.2) is 4.79 Å². The third kappa shape index (κ3) is 1.72. The first-order chi connectivity index (χ1) is 13.0. The Morgan fingerprint density at radius 3 is 2.46 bits per heavy atom. The van der Waals surface area contributed by atoms with Gasteiger partial charge in [0, 0.05) is 22.7 Å². The van der Waals surface area contributed by atoms with E-state index < -0.39 is 70.5 Å². The Morgan fingerprint density at radius 2 is 1.79 bits per heavy atom. The van der Waals surface area contributed by atoms with Crippen LogP contribution in [0.2, 0.25) is 0 Å². The summed E-state index contributed by atoms with van der Waals surface area (Å²) in [5.41, 5.74) is -2.67. The maximum atomic E-state index is 12.5.